The number of hydrogen-bond acceptors (Lipinski definition) is 3. The van der Waals surface area contributed by atoms with Crippen molar-refractivity contribution in [2.45, 2.75) is 19.3 Å². The van der Waals surface area contributed by atoms with Gasteiger partial charge in [0.1, 0.15) is 6.54 Å². The van der Waals surface area contributed by atoms with Crippen LogP contribution < -0.4 is 0 Å². The van der Waals surface area contributed by atoms with Gasteiger partial charge in [-0.2, -0.15) is 5.26 Å². The lowest BCUT2D eigenvalue weighted by atomic mass is 10.2. The summed E-state index contributed by atoms with van der Waals surface area (Å²) in [5.41, 5.74) is 1.33. The molecule has 0 N–H and O–H groups in total. The fraction of sp³-hybridized carbons (Fsp3) is 0.455. The van der Waals surface area contributed by atoms with E-state index >= 15 is 0 Å². The van der Waals surface area contributed by atoms with E-state index in [2.05, 4.69) is 0 Å². The number of nitriles is 1. The molecule has 0 radical (unpaired) electrons. The van der Waals surface area contributed by atoms with E-state index in [4.69, 9.17) is 5.26 Å². The predicted octanol–water partition coefficient (Wildman–Crippen LogP) is 1.83. The highest BCUT2D eigenvalue weighted by Crippen LogP contribution is 2.30. The Bertz CT molecular complexity index is 409. The molecule has 0 bridgehead atoms. The maximum Gasteiger partial charge on any atom is 0.264 e. The lowest BCUT2D eigenvalue weighted by Crippen LogP contribution is -2.26. The van der Waals surface area contributed by atoms with Crippen molar-refractivity contribution >= 4 is 17.2 Å². The quantitative estimate of drug-likeness (QED) is 0.714. The van der Waals surface area contributed by atoms with Crippen LogP contribution in [-0.4, -0.2) is 24.4 Å². The molecular formula is C11H12N2OS. The summed E-state index contributed by atoms with van der Waals surface area (Å²) in [6.07, 6.45) is 3.42. The molecule has 0 saturated carbocycles. The van der Waals surface area contributed by atoms with Gasteiger partial charge in [0.15, 0.2) is 0 Å². The van der Waals surface area contributed by atoms with Crippen molar-refractivity contribution in [3.05, 3.63) is 21.4 Å². The van der Waals surface area contributed by atoms with Crippen LogP contribution >= 0.6 is 11.3 Å². The molecule has 1 aliphatic carbocycles. The van der Waals surface area contributed by atoms with Crippen LogP contribution in [-0.2, 0) is 12.8 Å². The Morgan fingerprint density at radius 3 is 3.13 bits per heavy atom. The van der Waals surface area contributed by atoms with Crippen LogP contribution in [0.25, 0.3) is 0 Å². The second-order valence-corrected chi connectivity index (χ2v) is 4.87. The number of aryl methyl sites for hydroxylation is 2. The Morgan fingerprint density at radius 2 is 2.47 bits per heavy atom. The minimum atomic E-state index is -0.0315. The highest BCUT2D eigenvalue weighted by atomic mass is 32.1. The minimum Gasteiger partial charge on any atom is -0.328 e. The lowest BCUT2D eigenvalue weighted by molar-refractivity contribution is 0.0816. The van der Waals surface area contributed by atoms with Crippen molar-refractivity contribution in [2.75, 3.05) is 13.6 Å². The molecule has 4 heteroatoms. The Labute approximate surface area is 92.9 Å². The molecule has 15 heavy (non-hydrogen) atoms. The monoisotopic (exact) mass is 220 g/mol. The van der Waals surface area contributed by atoms with Crippen LogP contribution in [0.2, 0.25) is 0 Å². The van der Waals surface area contributed by atoms with Gasteiger partial charge in [0, 0.05) is 11.9 Å². The zero-order chi connectivity index (χ0) is 10.8. The molecule has 1 heterocycles. The zero-order valence-corrected chi connectivity index (χ0v) is 9.43. The van der Waals surface area contributed by atoms with Gasteiger partial charge in [-0.25, -0.2) is 0 Å². The Hall–Kier alpha value is -1.34. The van der Waals surface area contributed by atoms with Gasteiger partial charge < -0.3 is 4.90 Å². The van der Waals surface area contributed by atoms with Crippen molar-refractivity contribution in [3.8, 4) is 6.07 Å². The number of nitrogens with zero attached hydrogens (tertiary/aromatic N) is 2. The molecule has 3 nitrogen and oxygen atoms in total. The second kappa shape index (κ2) is 4.03. The third-order valence-corrected chi connectivity index (χ3v) is 3.84. The second-order valence-electron chi connectivity index (χ2n) is 3.73. The molecule has 1 amide bonds. The molecular weight excluding hydrogens is 208 g/mol. The summed E-state index contributed by atoms with van der Waals surface area (Å²) in [6.45, 7) is 0.154. The number of carbonyl (C=O) groups excluding carboxylic acids is 1. The number of fused-ring (bicyclic) bond motifs is 1. The van der Waals surface area contributed by atoms with E-state index in [9.17, 15) is 4.79 Å². The summed E-state index contributed by atoms with van der Waals surface area (Å²) in [4.78, 5) is 15.4. The van der Waals surface area contributed by atoms with Crippen molar-refractivity contribution in [1.82, 2.24) is 4.90 Å². The zero-order valence-electron chi connectivity index (χ0n) is 8.62. The molecule has 0 spiro atoms. The first kappa shape index (κ1) is 10.2. The first-order valence-corrected chi connectivity index (χ1v) is 5.78. The van der Waals surface area contributed by atoms with Crippen molar-refractivity contribution < 1.29 is 4.79 Å². The van der Waals surface area contributed by atoms with Crippen LogP contribution in [0, 0.1) is 11.3 Å². The van der Waals surface area contributed by atoms with Crippen LogP contribution in [0.3, 0.4) is 0 Å². The van der Waals surface area contributed by atoms with Gasteiger partial charge in [-0.15, -0.1) is 11.3 Å². The highest BCUT2D eigenvalue weighted by Gasteiger charge is 2.20. The Balaban J connectivity index is 2.16. The molecule has 1 aliphatic rings. The van der Waals surface area contributed by atoms with E-state index < -0.39 is 0 Å². The van der Waals surface area contributed by atoms with E-state index in [0.29, 0.717) is 0 Å². The molecule has 0 unspecified atom stereocenters. The summed E-state index contributed by atoms with van der Waals surface area (Å²) in [5.74, 6) is -0.0315. The van der Waals surface area contributed by atoms with Gasteiger partial charge in [-0.1, -0.05) is 0 Å². The third kappa shape index (κ3) is 1.88. The normalized spacial score (nSPS) is 13.3. The molecule has 1 aromatic heterocycles. The SMILES string of the molecule is CN(CC#N)C(=O)c1cc2c(s1)CCC2. The molecule has 0 aromatic carbocycles. The van der Waals surface area contributed by atoms with Gasteiger partial charge in [0.2, 0.25) is 0 Å². The smallest absolute Gasteiger partial charge is 0.264 e. The molecule has 78 valence electrons. The molecule has 0 aliphatic heterocycles. The molecule has 2 rings (SSSR count). The van der Waals surface area contributed by atoms with Gasteiger partial charge >= 0.3 is 0 Å². The average molecular weight is 220 g/mol. The van der Waals surface area contributed by atoms with Gasteiger partial charge in [-0.05, 0) is 30.9 Å². The third-order valence-electron chi connectivity index (χ3n) is 2.61. The summed E-state index contributed by atoms with van der Waals surface area (Å²) >= 11 is 1.58. The van der Waals surface area contributed by atoms with E-state index in [1.807, 2.05) is 12.1 Å². The van der Waals surface area contributed by atoms with E-state index in [0.717, 1.165) is 17.7 Å². The minimum absolute atomic E-state index is 0.0315. The number of rotatable bonds is 2. The summed E-state index contributed by atoms with van der Waals surface area (Å²) < 4.78 is 0. The van der Waals surface area contributed by atoms with Crippen LogP contribution in [0.15, 0.2) is 6.07 Å². The first-order valence-electron chi connectivity index (χ1n) is 4.96. The Kier molecular flexibility index (Phi) is 2.74. The maximum absolute atomic E-state index is 11.8. The summed E-state index contributed by atoms with van der Waals surface area (Å²) in [7, 11) is 1.66. The fourth-order valence-corrected chi connectivity index (χ4v) is 3.05. The number of thiophene rings is 1. The lowest BCUT2D eigenvalue weighted by Gasteiger charge is -2.10. The summed E-state index contributed by atoms with van der Waals surface area (Å²) in [6, 6.07) is 3.97. The molecule has 0 atom stereocenters. The molecule has 0 fully saturated rings. The fourth-order valence-electron chi connectivity index (χ4n) is 1.80. The topological polar surface area (TPSA) is 44.1 Å². The standard InChI is InChI=1S/C11H12N2OS/c1-13(6-5-12)11(14)10-7-8-3-2-4-9(8)15-10/h7H,2-4,6H2,1H3. The van der Waals surface area contributed by atoms with Crippen LogP contribution in [0.5, 0.6) is 0 Å². The van der Waals surface area contributed by atoms with Crippen LogP contribution in [0.4, 0.5) is 0 Å². The summed E-state index contributed by atoms with van der Waals surface area (Å²) in [5, 5.41) is 8.51. The largest absolute Gasteiger partial charge is 0.328 e. The molecule has 0 saturated heterocycles. The van der Waals surface area contributed by atoms with E-state index in [1.165, 1.54) is 21.8 Å². The van der Waals surface area contributed by atoms with Gasteiger partial charge in [0.25, 0.3) is 5.91 Å². The maximum atomic E-state index is 11.8. The first-order chi connectivity index (χ1) is 7.22. The number of amides is 1. The van der Waals surface area contributed by atoms with E-state index in [1.54, 1.807) is 18.4 Å². The van der Waals surface area contributed by atoms with Crippen molar-refractivity contribution in [2.24, 2.45) is 0 Å². The highest BCUT2D eigenvalue weighted by molar-refractivity contribution is 7.14. The van der Waals surface area contributed by atoms with Gasteiger partial charge in [0.05, 0.1) is 10.9 Å². The Morgan fingerprint density at radius 1 is 1.67 bits per heavy atom. The van der Waals surface area contributed by atoms with Crippen molar-refractivity contribution in [1.29, 1.82) is 5.26 Å². The number of hydrogen-bond donors (Lipinski definition) is 0. The van der Waals surface area contributed by atoms with Crippen LogP contribution in [0.1, 0.15) is 26.5 Å². The molecule has 1 aromatic rings. The predicted molar refractivity (Wildman–Crippen MR) is 58.9 cm³/mol. The average Bonchev–Trinajstić information content (AvgIpc) is 2.75. The van der Waals surface area contributed by atoms with Crippen molar-refractivity contribution in [3.63, 3.8) is 0 Å². The van der Waals surface area contributed by atoms with E-state index in [-0.39, 0.29) is 12.5 Å². The number of carbonyl (C=O) groups is 1. The van der Waals surface area contributed by atoms with Gasteiger partial charge in [-0.3, -0.25) is 4.79 Å².